The summed E-state index contributed by atoms with van der Waals surface area (Å²) in [4.78, 5) is 32.0. The summed E-state index contributed by atoms with van der Waals surface area (Å²) in [6, 6.07) is 5.16. The van der Waals surface area contributed by atoms with Gasteiger partial charge in [0.15, 0.2) is 6.54 Å². The lowest BCUT2D eigenvalue weighted by Crippen LogP contribution is -2.61. The SMILES string of the molecule is O=C(O)C[C@@H]1Cc2ccc(OCCc3cn4c(n3)NCCN4)cc2C[N+](CCN2CCOCC2)(CC(F)(F)F)C1=O. The van der Waals surface area contributed by atoms with E-state index in [9.17, 15) is 27.9 Å². The first-order valence-electron chi connectivity index (χ1n) is 13.9. The number of aliphatic carboxylic acids is 1. The number of carboxylic acids is 1. The van der Waals surface area contributed by atoms with Crippen molar-refractivity contribution in [3.8, 4) is 5.75 Å². The van der Waals surface area contributed by atoms with Crippen molar-refractivity contribution < 1.29 is 41.8 Å². The summed E-state index contributed by atoms with van der Waals surface area (Å²) in [6.07, 6.45) is -2.68. The molecule has 1 saturated heterocycles. The number of morpholine rings is 1. The molecule has 4 heterocycles. The van der Waals surface area contributed by atoms with Crippen molar-refractivity contribution in [3.63, 3.8) is 0 Å². The zero-order valence-corrected chi connectivity index (χ0v) is 22.8. The molecule has 5 rings (SSSR count). The van der Waals surface area contributed by atoms with Gasteiger partial charge in [-0.25, -0.2) is 18.9 Å². The highest BCUT2D eigenvalue weighted by molar-refractivity contribution is 5.79. The molecule has 1 aromatic carbocycles. The number of benzene rings is 1. The third-order valence-electron chi connectivity index (χ3n) is 7.86. The number of fused-ring (bicyclic) bond motifs is 2. The maximum Gasteiger partial charge on any atom is 0.438 e. The first-order valence-corrected chi connectivity index (χ1v) is 13.9. The van der Waals surface area contributed by atoms with Gasteiger partial charge in [-0.1, -0.05) is 6.07 Å². The van der Waals surface area contributed by atoms with Gasteiger partial charge in [-0.05, 0) is 24.1 Å². The lowest BCUT2D eigenvalue weighted by molar-refractivity contribution is -0.879. The molecular formula is C27H36F3N6O5+. The Bertz CT molecular complexity index is 1230. The highest BCUT2D eigenvalue weighted by Gasteiger charge is 2.51. The van der Waals surface area contributed by atoms with Crippen molar-refractivity contribution >= 4 is 17.8 Å². The third kappa shape index (κ3) is 7.29. The van der Waals surface area contributed by atoms with E-state index in [2.05, 4.69) is 15.7 Å². The Labute approximate surface area is 235 Å². The Kier molecular flexibility index (Phi) is 8.71. The lowest BCUT2D eigenvalue weighted by Gasteiger charge is -2.39. The van der Waals surface area contributed by atoms with Crippen LogP contribution in [0.5, 0.6) is 5.75 Å². The normalized spacial score (nSPS) is 23.1. The number of hydrogen-bond acceptors (Lipinski definition) is 8. The van der Waals surface area contributed by atoms with Crippen LogP contribution in [0.1, 0.15) is 23.2 Å². The maximum atomic E-state index is 14.1. The highest BCUT2D eigenvalue weighted by Crippen LogP contribution is 2.35. The van der Waals surface area contributed by atoms with E-state index >= 15 is 0 Å². The van der Waals surface area contributed by atoms with E-state index in [-0.39, 0.29) is 26.1 Å². The number of nitrogens with one attached hydrogen (secondary N) is 2. The van der Waals surface area contributed by atoms with E-state index in [1.165, 1.54) is 0 Å². The minimum Gasteiger partial charge on any atom is -0.493 e. The predicted octanol–water partition coefficient (Wildman–Crippen LogP) is 1.86. The number of carbonyl (C=O) groups is 2. The maximum absolute atomic E-state index is 14.1. The highest BCUT2D eigenvalue weighted by atomic mass is 19.4. The fourth-order valence-electron chi connectivity index (χ4n) is 5.87. The molecule has 14 heteroatoms. The van der Waals surface area contributed by atoms with Crippen molar-refractivity contribution in [1.82, 2.24) is 14.6 Å². The summed E-state index contributed by atoms with van der Waals surface area (Å²) in [7, 11) is 0. The van der Waals surface area contributed by atoms with Crippen LogP contribution in [0.3, 0.4) is 0 Å². The van der Waals surface area contributed by atoms with Crippen LogP contribution in [0.4, 0.5) is 19.1 Å². The second-order valence-corrected chi connectivity index (χ2v) is 10.9. The van der Waals surface area contributed by atoms with Crippen LogP contribution in [0.25, 0.3) is 0 Å². The van der Waals surface area contributed by atoms with Crippen LogP contribution in [-0.4, -0.2) is 108 Å². The second kappa shape index (κ2) is 12.2. The summed E-state index contributed by atoms with van der Waals surface area (Å²) in [5, 5.41) is 12.7. The van der Waals surface area contributed by atoms with Crippen LogP contribution in [0.2, 0.25) is 0 Å². The van der Waals surface area contributed by atoms with Gasteiger partial charge in [0.05, 0.1) is 50.6 Å². The zero-order chi connectivity index (χ0) is 29.0. The van der Waals surface area contributed by atoms with Gasteiger partial charge in [0.25, 0.3) is 0 Å². The van der Waals surface area contributed by atoms with Crippen LogP contribution < -0.4 is 15.5 Å². The molecule has 41 heavy (non-hydrogen) atoms. The van der Waals surface area contributed by atoms with Gasteiger partial charge in [0.1, 0.15) is 12.3 Å². The minimum absolute atomic E-state index is 0.0658. The Balaban J connectivity index is 1.38. The number of carbonyl (C=O) groups excluding carboxylic acids is 1. The monoisotopic (exact) mass is 581 g/mol. The first-order chi connectivity index (χ1) is 19.6. The molecule has 224 valence electrons. The number of nitrogens with zero attached hydrogens (tertiary/aromatic N) is 4. The number of quaternary nitrogens is 1. The van der Waals surface area contributed by atoms with E-state index < -0.39 is 41.4 Å². The number of amides is 1. The van der Waals surface area contributed by atoms with E-state index in [1.807, 2.05) is 15.8 Å². The molecule has 1 unspecified atom stereocenters. The van der Waals surface area contributed by atoms with Gasteiger partial charge >= 0.3 is 18.1 Å². The quantitative estimate of drug-likeness (QED) is 0.362. The number of rotatable bonds is 10. The molecule has 0 saturated carbocycles. The van der Waals surface area contributed by atoms with Crippen molar-refractivity contribution in [2.45, 2.75) is 32.0 Å². The van der Waals surface area contributed by atoms with Crippen LogP contribution in [0.15, 0.2) is 24.4 Å². The van der Waals surface area contributed by atoms with E-state index in [0.717, 1.165) is 24.7 Å². The average Bonchev–Trinajstić information content (AvgIpc) is 3.30. The van der Waals surface area contributed by atoms with Gasteiger partial charge in [0.2, 0.25) is 5.95 Å². The van der Waals surface area contributed by atoms with Gasteiger partial charge in [0, 0.05) is 44.7 Å². The molecule has 0 spiro atoms. The second-order valence-electron chi connectivity index (χ2n) is 10.9. The third-order valence-corrected chi connectivity index (χ3v) is 7.86. The first kappa shape index (κ1) is 29.1. The Morgan fingerprint density at radius 3 is 2.76 bits per heavy atom. The molecular weight excluding hydrogens is 545 g/mol. The number of anilines is 1. The molecule has 1 amide bonds. The summed E-state index contributed by atoms with van der Waals surface area (Å²) in [5.74, 6) is -1.75. The van der Waals surface area contributed by atoms with Crippen LogP contribution in [-0.2, 0) is 33.7 Å². The Morgan fingerprint density at radius 2 is 2.02 bits per heavy atom. The average molecular weight is 582 g/mol. The lowest BCUT2D eigenvalue weighted by atomic mass is 9.94. The molecule has 2 atom stereocenters. The number of aromatic nitrogens is 2. The standard InChI is InChI=1S/C27H35F3N6O5/c28-27(29,30)18-36(9-6-34-7-11-40-12-8-34)17-21-14-23(2-1-19(21)13-20(25(36)39)15-24(37)38)41-10-3-22-16-35-26(33-22)31-4-5-32-35/h1-2,14,16,20,32H,3-13,15,17-18H2,(H-,31,33,37,38)/p+1/t20-,36?/m0/s1. The van der Waals surface area contributed by atoms with Crippen molar-refractivity contribution in [3.05, 3.63) is 41.2 Å². The van der Waals surface area contributed by atoms with Crippen molar-refractivity contribution in [1.29, 1.82) is 0 Å². The van der Waals surface area contributed by atoms with E-state index in [1.54, 1.807) is 18.2 Å². The minimum atomic E-state index is -4.62. The molecule has 11 nitrogen and oxygen atoms in total. The Hall–Kier alpha value is -3.36. The number of halogens is 3. The fourth-order valence-corrected chi connectivity index (χ4v) is 5.87. The van der Waals surface area contributed by atoms with Gasteiger partial charge in [-0.2, -0.15) is 13.2 Å². The number of carboxylic acid groups (broad SMARTS) is 1. The largest absolute Gasteiger partial charge is 0.493 e. The molecule has 3 aliphatic rings. The molecule has 0 aliphatic carbocycles. The number of alkyl halides is 3. The van der Waals surface area contributed by atoms with Crippen molar-refractivity contribution in [2.24, 2.45) is 5.92 Å². The summed E-state index contributed by atoms with van der Waals surface area (Å²) >= 11 is 0. The molecule has 0 bridgehead atoms. The summed E-state index contributed by atoms with van der Waals surface area (Å²) in [5.41, 5.74) is 5.26. The molecule has 0 radical (unpaired) electrons. The van der Waals surface area contributed by atoms with Crippen LogP contribution >= 0.6 is 0 Å². The van der Waals surface area contributed by atoms with Gasteiger partial charge < -0.3 is 25.3 Å². The van der Waals surface area contributed by atoms with Gasteiger partial charge in [-0.15, -0.1) is 0 Å². The molecule has 3 aliphatic heterocycles. The predicted molar refractivity (Wildman–Crippen MR) is 142 cm³/mol. The molecule has 2 aromatic rings. The molecule has 1 aromatic heterocycles. The van der Waals surface area contributed by atoms with Gasteiger partial charge in [-0.3, -0.25) is 9.69 Å². The van der Waals surface area contributed by atoms with E-state index in [4.69, 9.17) is 9.47 Å². The smallest absolute Gasteiger partial charge is 0.438 e. The number of imidazole rings is 1. The molecule has 3 N–H and O–H groups in total. The van der Waals surface area contributed by atoms with Crippen molar-refractivity contribution in [2.75, 3.05) is 76.4 Å². The number of hydrogen-bond donors (Lipinski definition) is 3. The van der Waals surface area contributed by atoms with E-state index in [0.29, 0.717) is 56.2 Å². The Morgan fingerprint density at radius 1 is 1.22 bits per heavy atom. The molecule has 1 fully saturated rings. The fraction of sp³-hybridized carbons (Fsp3) is 0.593. The summed E-state index contributed by atoms with van der Waals surface area (Å²) in [6.45, 7) is 2.61. The number of ether oxygens (including phenoxy) is 2. The van der Waals surface area contributed by atoms with Crippen LogP contribution in [0, 0.1) is 5.92 Å². The summed E-state index contributed by atoms with van der Waals surface area (Å²) < 4.78 is 54.4. The topological polar surface area (TPSA) is 118 Å². The zero-order valence-electron chi connectivity index (χ0n) is 22.8.